The molecule has 1 atom stereocenters. The van der Waals surface area contributed by atoms with E-state index in [1.165, 1.54) is 11.3 Å². The SMILES string of the molecule is Cc1ncccc1-c1c(Cl)sc2ccc(NC(=O)NCC(=O)NCCCN(C)C3CCCN(c4ncnc5[nH]ccc45)C3)cc12. The summed E-state index contributed by atoms with van der Waals surface area (Å²) in [5.41, 5.74) is 4.21. The van der Waals surface area contributed by atoms with E-state index in [-0.39, 0.29) is 12.5 Å². The van der Waals surface area contributed by atoms with Crippen LogP contribution >= 0.6 is 22.9 Å². The van der Waals surface area contributed by atoms with Crippen molar-refractivity contribution in [1.82, 2.24) is 35.5 Å². The van der Waals surface area contributed by atoms with E-state index in [2.05, 4.69) is 52.7 Å². The maximum absolute atomic E-state index is 12.6. The second-order valence-electron chi connectivity index (χ2n) is 11.3. The third-order valence-electron chi connectivity index (χ3n) is 8.25. The Kier molecular flexibility index (Phi) is 9.43. The third kappa shape index (κ3) is 7.03. The normalized spacial score (nSPS) is 15.1. The van der Waals surface area contributed by atoms with Gasteiger partial charge < -0.3 is 30.7 Å². The molecule has 4 N–H and O–H groups in total. The van der Waals surface area contributed by atoms with Crippen LogP contribution < -0.4 is 20.9 Å². The molecule has 0 spiro atoms. The lowest BCUT2D eigenvalue weighted by atomic mass is 10.0. The van der Waals surface area contributed by atoms with Crippen LogP contribution in [0.4, 0.5) is 16.3 Å². The molecular formula is C32H36ClN9O2S. The molecule has 0 radical (unpaired) electrons. The van der Waals surface area contributed by atoms with Crippen molar-refractivity contribution in [2.45, 2.75) is 32.2 Å². The number of thiophene rings is 1. The van der Waals surface area contributed by atoms with E-state index in [1.54, 1.807) is 12.5 Å². The fourth-order valence-electron chi connectivity index (χ4n) is 5.90. The van der Waals surface area contributed by atoms with Crippen molar-refractivity contribution >= 4 is 67.5 Å². The molecule has 45 heavy (non-hydrogen) atoms. The van der Waals surface area contributed by atoms with E-state index < -0.39 is 6.03 Å². The van der Waals surface area contributed by atoms with Gasteiger partial charge >= 0.3 is 6.03 Å². The average molecular weight is 646 g/mol. The van der Waals surface area contributed by atoms with Gasteiger partial charge in [-0.25, -0.2) is 14.8 Å². The third-order valence-corrected chi connectivity index (χ3v) is 9.63. The molecular weight excluding hydrogens is 610 g/mol. The number of benzene rings is 1. The Hall–Kier alpha value is -4.26. The topological polar surface area (TPSA) is 131 Å². The van der Waals surface area contributed by atoms with Crippen molar-refractivity contribution < 1.29 is 9.59 Å². The highest BCUT2D eigenvalue weighted by molar-refractivity contribution is 7.23. The van der Waals surface area contributed by atoms with Crippen LogP contribution in [0.5, 0.6) is 0 Å². The lowest BCUT2D eigenvalue weighted by Gasteiger charge is -2.38. The van der Waals surface area contributed by atoms with Crippen molar-refractivity contribution in [3.05, 3.63) is 65.1 Å². The zero-order chi connectivity index (χ0) is 31.3. The number of carbonyl (C=O) groups is 2. The fourth-order valence-corrected chi connectivity index (χ4v) is 7.27. The van der Waals surface area contributed by atoms with Gasteiger partial charge in [-0.3, -0.25) is 9.78 Å². The highest BCUT2D eigenvalue weighted by Gasteiger charge is 2.25. The average Bonchev–Trinajstić information content (AvgIpc) is 3.66. The van der Waals surface area contributed by atoms with Crippen LogP contribution in [0.15, 0.2) is 55.1 Å². The number of nitrogens with one attached hydrogen (secondary N) is 4. The Bertz CT molecular complexity index is 1820. The number of hydrogen-bond donors (Lipinski definition) is 4. The van der Waals surface area contributed by atoms with Gasteiger partial charge in [0.25, 0.3) is 0 Å². The maximum atomic E-state index is 12.6. The van der Waals surface area contributed by atoms with Gasteiger partial charge in [-0.05, 0) is 70.1 Å². The number of aryl methyl sites for hydroxylation is 1. The van der Waals surface area contributed by atoms with Crippen molar-refractivity contribution in [2.75, 3.05) is 50.0 Å². The summed E-state index contributed by atoms with van der Waals surface area (Å²) in [6.07, 6.45) is 8.29. The van der Waals surface area contributed by atoms with Gasteiger partial charge in [0.1, 0.15) is 22.1 Å². The van der Waals surface area contributed by atoms with E-state index in [9.17, 15) is 9.59 Å². The molecule has 234 valence electrons. The molecule has 1 aliphatic rings. The Balaban J connectivity index is 0.938. The van der Waals surface area contributed by atoms with Crippen LogP contribution in [0, 0.1) is 6.92 Å². The number of aromatic amines is 1. The number of pyridine rings is 1. The van der Waals surface area contributed by atoms with Gasteiger partial charge in [0.15, 0.2) is 0 Å². The molecule has 13 heteroatoms. The summed E-state index contributed by atoms with van der Waals surface area (Å²) in [5, 5.41) is 10.4. The van der Waals surface area contributed by atoms with Crippen LogP contribution in [0.3, 0.4) is 0 Å². The Labute approximate surface area is 270 Å². The summed E-state index contributed by atoms with van der Waals surface area (Å²) in [7, 11) is 2.13. The molecule has 1 aliphatic heterocycles. The van der Waals surface area contributed by atoms with E-state index in [0.29, 0.717) is 22.6 Å². The second kappa shape index (κ2) is 13.8. The monoisotopic (exact) mass is 645 g/mol. The molecule has 11 nitrogen and oxygen atoms in total. The Morgan fingerprint density at radius 2 is 2.04 bits per heavy atom. The van der Waals surface area contributed by atoms with Crippen molar-refractivity contribution in [3.63, 3.8) is 0 Å². The van der Waals surface area contributed by atoms with Gasteiger partial charge in [0, 0.05) is 70.7 Å². The minimum atomic E-state index is -0.452. The first-order valence-corrected chi connectivity index (χ1v) is 16.3. The highest BCUT2D eigenvalue weighted by Crippen LogP contribution is 2.43. The number of halogens is 1. The number of rotatable bonds is 10. The molecule has 1 saturated heterocycles. The van der Waals surface area contributed by atoms with Gasteiger partial charge in [-0.2, -0.15) is 0 Å². The Morgan fingerprint density at radius 3 is 2.91 bits per heavy atom. The summed E-state index contributed by atoms with van der Waals surface area (Å²) in [6, 6.07) is 11.5. The number of fused-ring (bicyclic) bond motifs is 2. The predicted molar refractivity (Wildman–Crippen MR) is 181 cm³/mol. The highest BCUT2D eigenvalue weighted by atomic mass is 35.5. The largest absolute Gasteiger partial charge is 0.355 e. The van der Waals surface area contributed by atoms with Gasteiger partial charge in [-0.15, -0.1) is 11.3 Å². The number of urea groups is 1. The number of H-pyrrole nitrogens is 1. The molecule has 0 aliphatic carbocycles. The number of likely N-dealkylation sites (N-methyl/N-ethyl adjacent to an activating group) is 1. The zero-order valence-corrected chi connectivity index (χ0v) is 26.8. The van der Waals surface area contributed by atoms with E-state index in [0.717, 1.165) is 82.7 Å². The number of nitrogens with zero attached hydrogens (tertiary/aromatic N) is 5. The van der Waals surface area contributed by atoms with Crippen LogP contribution in [-0.2, 0) is 4.79 Å². The number of piperidine rings is 1. The van der Waals surface area contributed by atoms with Gasteiger partial charge in [-0.1, -0.05) is 17.7 Å². The minimum Gasteiger partial charge on any atom is -0.355 e. The first kappa shape index (κ1) is 30.8. The zero-order valence-electron chi connectivity index (χ0n) is 25.3. The van der Waals surface area contributed by atoms with Crippen LogP contribution in [0.1, 0.15) is 25.0 Å². The van der Waals surface area contributed by atoms with E-state index in [1.807, 2.05) is 49.5 Å². The molecule has 1 fully saturated rings. The van der Waals surface area contributed by atoms with Crippen LogP contribution in [-0.4, -0.2) is 82.6 Å². The molecule has 1 unspecified atom stereocenters. The molecule has 5 aromatic rings. The van der Waals surface area contributed by atoms with Crippen molar-refractivity contribution in [3.8, 4) is 11.1 Å². The molecule has 1 aromatic carbocycles. The smallest absolute Gasteiger partial charge is 0.319 e. The lowest BCUT2D eigenvalue weighted by Crippen LogP contribution is -2.47. The molecule has 0 bridgehead atoms. The summed E-state index contributed by atoms with van der Waals surface area (Å²) < 4.78 is 1.69. The number of anilines is 2. The summed E-state index contributed by atoms with van der Waals surface area (Å²) >= 11 is 8.09. The molecule has 4 aromatic heterocycles. The predicted octanol–water partition coefficient (Wildman–Crippen LogP) is 5.43. The maximum Gasteiger partial charge on any atom is 0.319 e. The summed E-state index contributed by atoms with van der Waals surface area (Å²) in [6.45, 7) is 5.09. The fraction of sp³-hybridized carbons (Fsp3) is 0.344. The molecule has 5 heterocycles. The number of amides is 3. The van der Waals surface area contributed by atoms with Gasteiger partial charge in [0.05, 0.1) is 11.9 Å². The molecule has 0 saturated carbocycles. The lowest BCUT2D eigenvalue weighted by molar-refractivity contribution is -0.120. The summed E-state index contributed by atoms with van der Waals surface area (Å²) in [4.78, 5) is 46.2. The quantitative estimate of drug-likeness (QED) is 0.149. The van der Waals surface area contributed by atoms with E-state index in [4.69, 9.17) is 11.6 Å². The van der Waals surface area contributed by atoms with Gasteiger partial charge in [0.2, 0.25) is 5.91 Å². The van der Waals surface area contributed by atoms with Crippen molar-refractivity contribution in [1.29, 1.82) is 0 Å². The minimum absolute atomic E-state index is 0.113. The first-order valence-electron chi connectivity index (χ1n) is 15.1. The van der Waals surface area contributed by atoms with Crippen LogP contribution in [0.2, 0.25) is 4.34 Å². The Morgan fingerprint density at radius 1 is 1.16 bits per heavy atom. The molecule has 6 rings (SSSR count). The van der Waals surface area contributed by atoms with E-state index >= 15 is 0 Å². The number of aromatic nitrogens is 4. The number of carbonyl (C=O) groups excluding carboxylic acids is 2. The van der Waals surface area contributed by atoms with Crippen molar-refractivity contribution in [2.24, 2.45) is 0 Å². The first-order chi connectivity index (χ1) is 21.9. The summed E-state index contributed by atoms with van der Waals surface area (Å²) in [5.74, 6) is 0.745. The standard InChI is InChI=1S/C32H36ClN9O2S/c1-20-23(7-3-11-34-20)28-25-16-21(8-9-26(25)45-29(28)33)40-32(44)37-17-27(43)35-12-5-14-41(2)22-6-4-15-42(18-22)31-24-10-13-36-30(24)38-19-39-31/h3,7-11,13,16,19,22H,4-6,12,14-15,17-18H2,1-2H3,(H,35,43)(H,36,38,39)(H2,37,40,44). The van der Waals surface area contributed by atoms with Crippen LogP contribution in [0.25, 0.3) is 32.2 Å². The second-order valence-corrected chi connectivity index (χ2v) is 12.9. The number of hydrogen-bond acceptors (Lipinski definition) is 8. The molecule has 3 amide bonds.